The molecule has 0 bridgehead atoms. The normalized spacial score (nSPS) is 10.3. The minimum Gasteiger partial charge on any atom is -0.464 e. The van der Waals surface area contributed by atoms with E-state index in [-0.39, 0.29) is 35.8 Å². The van der Waals surface area contributed by atoms with Crippen molar-refractivity contribution in [1.82, 2.24) is 5.32 Å². The number of hydrogen-bond donors (Lipinski definition) is 1. The first kappa shape index (κ1) is 20.7. The Morgan fingerprint density at radius 1 is 1.15 bits per heavy atom. The Morgan fingerprint density at radius 3 is 2.59 bits per heavy atom. The van der Waals surface area contributed by atoms with Crippen molar-refractivity contribution in [3.8, 4) is 0 Å². The fourth-order valence-corrected chi connectivity index (χ4v) is 2.71. The van der Waals surface area contributed by atoms with Crippen LogP contribution in [0, 0.1) is 10.1 Å². The molecule has 142 valence electrons. The van der Waals surface area contributed by atoms with Crippen molar-refractivity contribution in [3.63, 3.8) is 0 Å². The van der Waals surface area contributed by atoms with Crippen LogP contribution in [0.3, 0.4) is 0 Å². The smallest absolute Gasteiger partial charge is 0.306 e. The van der Waals surface area contributed by atoms with Gasteiger partial charge in [-0.15, -0.1) is 0 Å². The van der Waals surface area contributed by atoms with E-state index in [1.807, 2.05) is 12.1 Å². The molecule has 0 saturated heterocycles. The SMILES string of the molecule is O=C(CCc1cccc(Cl)c1)OCCNC(=O)c1ccc([N+](=O)[O-])cc1Cl. The van der Waals surface area contributed by atoms with Crippen LogP contribution in [0.25, 0.3) is 0 Å². The molecule has 0 atom stereocenters. The second kappa shape index (κ2) is 9.89. The number of hydrogen-bond acceptors (Lipinski definition) is 5. The van der Waals surface area contributed by atoms with Crippen molar-refractivity contribution in [2.24, 2.45) is 0 Å². The molecule has 2 rings (SSSR count). The molecular formula is C18H16Cl2N2O5. The largest absolute Gasteiger partial charge is 0.464 e. The third kappa shape index (κ3) is 6.54. The van der Waals surface area contributed by atoms with Crippen LogP contribution in [0.4, 0.5) is 5.69 Å². The number of nitro groups is 1. The van der Waals surface area contributed by atoms with Crippen molar-refractivity contribution >= 4 is 40.8 Å². The molecule has 9 heteroatoms. The monoisotopic (exact) mass is 410 g/mol. The van der Waals surface area contributed by atoms with E-state index in [0.717, 1.165) is 11.6 Å². The molecule has 0 unspecified atom stereocenters. The van der Waals surface area contributed by atoms with Gasteiger partial charge in [0.05, 0.1) is 22.1 Å². The summed E-state index contributed by atoms with van der Waals surface area (Å²) in [4.78, 5) is 33.8. The van der Waals surface area contributed by atoms with Crippen molar-refractivity contribution < 1.29 is 19.2 Å². The molecule has 0 radical (unpaired) electrons. The van der Waals surface area contributed by atoms with Crippen LogP contribution in [0.2, 0.25) is 10.0 Å². The van der Waals surface area contributed by atoms with Gasteiger partial charge in [0.25, 0.3) is 11.6 Å². The van der Waals surface area contributed by atoms with Crippen molar-refractivity contribution in [2.45, 2.75) is 12.8 Å². The van der Waals surface area contributed by atoms with Crippen LogP contribution in [0.15, 0.2) is 42.5 Å². The second-order valence-corrected chi connectivity index (χ2v) is 6.37. The molecular weight excluding hydrogens is 395 g/mol. The number of esters is 1. The summed E-state index contributed by atoms with van der Waals surface area (Å²) >= 11 is 11.8. The number of nitrogens with one attached hydrogen (secondary N) is 1. The quantitative estimate of drug-likeness (QED) is 0.308. The Bertz CT molecular complexity index is 857. The predicted molar refractivity (Wildman–Crippen MR) is 101 cm³/mol. The first-order valence-corrected chi connectivity index (χ1v) is 8.74. The molecule has 27 heavy (non-hydrogen) atoms. The summed E-state index contributed by atoms with van der Waals surface area (Å²) in [5.41, 5.74) is 0.834. The highest BCUT2D eigenvalue weighted by Crippen LogP contribution is 2.22. The highest BCUT2D eigenvalue weighted by Gasteiger charge is 2.14. The van der Waals surface area contributed by atoms with Gasteiger partial charge in [-0.1, -0.05) is 35.3 Å². The predicted octanol–water partition coefficient (Wildman–Crippen LogP) is 3.81. The van der Waals surface area contributed by atoms with Gasteiger partial charge in [0.1, 0.15) is 6.61 Å². The molecule has 2 aromatic carbocycles. The lowest BCUT2D eigenvalue weighted by molar-refractivity contribution is -0.384. The number of benzene rings is 2. The zero-order chi connectivity index (χ0) is 19.8. The van der Waals surface area contributed by atoms with Crippen LogP contribution in [0.1, 0.15) is 22.3 Å². The van der Waals surface area contributed by atoms with Crippen LogP contribution in [-0.4, -0.2) is 30.0 Å². The maximum absolute atomic E-state index is 12.0. The van der Waals surface area contributed by atoms with E-state index in [4.69, 9.17) is 27.9 Å². The molecule has 1 N–H and O–H groups in total. The maximum atomic E-state index is 12.0. The molecule has 7 nitrogen and oxygen atoms in total. The van der Waals surface area contributed by atoms with Gasteiger partial charge < -0.3 is 10.1 Å². The van der Waals surface area contributed by atoms with E-state index in [1.54, 1.807) is 12.1 Å². The number of carbonyl (C=O) groups is 2. The first-order valence-electron chi connectivity index (χ1n) is 7.99. The summed E-state index contributed by atoms with van der Waals surface area (Å²) in [5, 5.41) is 13.8. The Kier molecular flexibility index (Phi) is 7.57. The Labute approximate surface area is 165 Å². The highest BCUT2D eigenvalue weighted by atomic mass is 35.5. The molecule has 0 saturated carbocycles. The number of non-ortho nitro benzene ring substituents is 1. The van der Waals surface area contributed by atoms with Gasteiger partial charge in [-0.25, -0.2) is 0 Å². The molecule has 0 heterocycles. The summed E-state index contributed by atoms with van der Waals surface area (Å²) in [5.74, 6) is -0.900. The van der Waals surface area contributed by atoms with Gasteiger partial charge in [0, 0.05) is 23.6 Å². The highest BCUT2D eigenvalue weighted by molar-refractivity contribution is 6.34. The van der Waals surface area contributed by atoms with Gasteiger partial charge in [-0.3, -0.25) is 19.7 Å². The van der Waals surface area contributed by atoms with Crippen LogP contribution in [0.5, 0.6) is 0 Å². The molecule has 1 amide bonds. The fraction of sp³-hybridized carbons (Fsp3) is 0.222. The number of carbonyl (C=O) groups excluding carboxylic acids is 2. The number of nitro benzene ring substituents is 1. The van der Waals surface area contributed by atoms with Crippen LogP contribution in [-0.2, 0) is 16.0 Å². The average molecular weight is 411 g/mol. The van der Waals surface area contributed by atoms with Crippen LogP contribution >= 0.6 is 23.2 Å². The number of nitrogens with zero attached hydrogens (tertiary/aromatic N) is 1. The first-order chi connectivity index (χ1) is 12.9. The summed E-state index contributed by atoms with van der Waals surface area (Å²) in [6, 6.07) is 10.8. The van der Waals surface area contributed by atoms with E-state index in [0.29, 0.717) is 11.4 Å². The number of rotatable bonds is 8. The molecule has 0 aliphatic carbocycles. The molecule has 0 aliphatic heterocycles. The molecule has 2 aromatic rings. The summed E-state index contributed by atoms with van der Waals surface area (Å²) in [7, 11) is 0. The third-order valence-electron chi connectivity index (χ3n) is 3.57. The summed E-state index contributed by atoms with van der Waals surface area (Å²) in [6.45, 7) is 0.0970. The van der Waals surface area contributed by atoms with Gasteiger partial charge >= 0.3 is 5.97 Å². The van der Waals surface area contributed by atoms with Gasteiger partial charge in [0.2, 0.25) is 0 Å². The van der Waals surface area contributed by atoms with Gasteiger partial charge in [0.15, 0.2) is 0 Å². The zero-order valence-electron chi connectivity index (χ0n) is 14.1. The lowest BCUT2D eigenvalue weighted by Crippen LogP contribution is -2.28. The van der Waals surface area contributed by atoms with Gasteiger partial charge in [-0.2, -0.15) is 0 Å². The van der Waals surface area contributed by atoms with Crippen molar-refractivity contribution in [3.05, 3.63) is 73.8 Å². The molecule has 0 aromatic heterocycles. The Morgan fingerprint density at radius 2 is 1.93 bits per heavy atom. The Balaban J connectivity index is 1.72. The van der Waals surface area contributed by atoms with E-state index in [2.05, 4.69) is 5.32 Å². The number of aryl methyl sites for hydroxylation is 1. The lowest BCUT2D eigenvalue weighted by atomic mass is 10.1. The topological polar surface area (TPSA) is 98.5 Å². The van der Waals surface area contributed by atoms with Crippen molar-refractivity contribution in [2.75, 3.05) is 13.2 Å². The average Bonchev–Trinajstić information content (AvgIpc) is 2.63. The maximum Gasteiger partial charge on any atom is 0.306 e. The van der Waals surface area contributed by atoms with E-state index in [9.17, 15) is 19.7 Å². The third-order valence-corrected chi connectivity index (χ3v) is 4.11. The number of ether oxygens (including phenoxy) is 1. The Hall–Kier alpha value is -2.64. The fourth-order valence-electron chi connectivity index (χ4n) is 2.24. The molecule has 0 spiro atoms. The van der Waals surface area contributed by atoms with E-state index >= 15 is 0 Å². The van der Waals surface area contributed by atoms with Gasteiger partial charge in [-0.05, 0) is 30.2 Å². The van der Waals surface area contributed by atoms with E-state index in [1.165, 1.54) is 12.1 Å². The standard InChI is InChI=1S/C18H16Cl2N2O5/c19-13-3-1-2-12(10-13)4-7-17(23)27-9-8-21-18(24)15-6-5-14(22(25)26)11-16(15)20/h1-3,5-6,10-11H,4,7-9H2,(H,21,24). The minimum absolute atomic E-state index is 0.00468. The van der Waals surface area contributed by atoms with E-state index < -0.39 is 16.8 Å². The van der Waals surface area contributed by atoms with Crippen molar-refractivity contribution in [1.29, 1.82) is 0 Å². The second-order valence-electron chi connectivity index (χ2n) is 5.53. The summed E-state index contributed by atoms with van der Waals surface area (Å²) in [6.07, 6.45) is 0.701. The zero-order valence-corrected chi connectivity index (χ0v) is 15.6. The summed E-state index contributed by atoms with van der Waals surface area (Å²) < 4.78 is 5.05. The molecule has 0 aliphatic rings. The number of amides is 1. The minimum atomic E-state index is -0.601. The lowest BCUT2D eigenvalue weighted by Gasteiger charge is -2.08. The molecule has 0 fully saturated rings. The van der Waals surface area contributed by atoms with Crippen LogP contribution < -0.4 is 5.32 Å². The number of halogens is 2.